The van der Waals surface area contributed by atoms with Crippen molar-refractivity contribution in [2.75, 3.05) is 109 Å². The Labute approximate surface area is 426 Å². The highest BCUT2D eigenvalue weighted by atomic mass is 32.1. The second kappa shape index (κ2) is 21.1. The van der Waals surface area contributed by atoms with Gasteiger partial charge in [-0.15, -0.1) is 0 Å². The molecule has 12 rings (SSSR count). The molecule has 4 aliphatic rings. The summed E-state index contributed by atoms with van der Waals surface area (Å²) in [6, 6.07) is 11.1. The van der Waals surface area contributed by atoms with Gasteiger partial charge in [-0.25, -0.2) is 19.9 Å². The lowest BCUT2D eigenvalue weighted by Crippen LogP contribution is -2.37. The Morgan fingerprint density at radius 1 is 0.575 bits per heavy atom. The van der Waals surface area contributed by atoms with Crippen LogP contribution >= 0.6 is 22.7 Å². The van der Waals surface area contributed by atoms with E-state index in [1.165, 1.54) is 23.9 Å². The molecule has 1 atom stereocenters. The van der Waals surface area contributed by atoms with E-state index in [0.29, 0.717) is 118 Å². The van der Waals surface area contributed by atoms with E-state index in [9.17, 15) is 19.8 Å². The first-order valence-electron chi connectivity index (χ1n) is 24.1. The first-order chi connectivity index (χ1) is 35.6. The van der Waals surface area contributed by atoms with Crippen LogP contribution in [0.5, 0.6) is 0 Å². The van der Waals surface area contributed by atoms with E-state index in [1.807, 2.05) is 43.0 Å². The number of rotatable bonds is 10. The summed E-state index contributed by atoms with van der Waals surface area (Å²) < 4.78 is 23.8. The number of amides is 2. The first-order valence-corrected chi connectivity index (χ1v) is 25.7. The van der Waals surface area contributed by atoms with Crippen molar-refractivity contribution in [3.05, 3.63) is 84.1 Å². The average molecular weight is 1030 g/mol. The molecule has 73 heavy (non-hydrogen) atoms. The van der Waals surface area contributed by atoms with Crippen molar-refractivity contribution in [3.8, 4) is 22.9 Å². The fraction of sp³-hybridized carbons (Fsp3) is 0.388. The number of nitrogens with one attached hydrogen (secondary N) is 2. The minimum Gasteiger partial charge on any atom is -0.444 e. The molecule has 0 unspecified atom stereocenters. The van der Waals surface area contributed by atoms with Gasteiger partial charge < -0.3 is 58.8 Å². The standard InChI is InChI=1S/C25H27N7O4S.C24H25N7O4S/c1-15-12-16(2-5-26-15)24-28-19(14-36-24)23(34)27-18-13-20-21(29-22(18)31-6-3-17(33)4-7-31)30-25(37-20)32-8-10-35-11-9-32;1-14-10-15(2-4-25-14)23-27-18(13-35-23)22(33)26-17-11-19-20(28-21(17)31-5-3-16(32)12-31)29-24(36-19)30-6-8-34-9-7-30/h2,5,12-14,17,33H,3-4,6-11H2,1H3,(H,27,34);2,4,10-11,13,16,32H,3,5-9,12H2,1H3,(H,26,33)/t;16-/m.1/s1. The number of thiazole rings is 2. The van der Waals surface area contributed by atoms with Crippen molar-refractivity contribution in [1.82, 2.24) is 39.9 Å². The number of carbonyl (C=O) groups excluding carboxylic acids is 2. The molecule has 0 bridgehead atoms. The minimum absolute atomic E-state index is 0.158. The zero-order valence-corrected chi connectivity index (χ0v) is 41.7. The molecule has 22 nitrogen and oxygen atoms in total. The Kier molecular flexibility index (Phi) is 13.9. The van der Waals surface area contributed by atoms with Gasteiger partial charge in [0, 0.05) is 87.3 Å². The summed E-state index contributed by atoms with van der Waals surface area (Å²) in [6.45, 7) is 11.9. The molecule has 24 heteroatoms. The number of aryl methyl sites for hydroxylation is 2. The van der Waals surface area contributed by atoms with Crippen molar-refractivity contribution in [2.45, 2.75) is 45.3 Å². The summed E-state index contributed by atoms with van der Waals surface area (Å²) in [6.07, 6.45) is 7.21. The van der Waals surface area contributed by atoms with Crippen molar-refractivity contribution < 1.29 is 38.1 Å². The van der Waals surface area contributed by atoms with Gasteiger partial charge >= 0.3 is 0 Å². The number of aliphatic hydroxyl groups is 2. The predicted octanol–water partition coefficient (Wildman–Crippen LogP) is 5.81. The lowest BCUT2D eigenvalue weighted by atomic mass is 10.1. The highest BCUT2D eigenvalue weighted by Crippen LogP contribution is 2.38. The number of pyridine rings is 4. The van der Waals surface area contributed by atoms with Crippen LogP contribution < -0.4 is 30.2 Å². The summed E-state index contributed by atoms with van der Waals surface area (Å²) >= 11 is 3.08. The SMILES string of the molecule is Cc1cc(-c2nc(C(=O)Nc3cc4sc(N5CCOCC5)nc4nc3N3CCC(O)CC3)co2)ccn1.Cc1cc(-c2nc(C(=O)Nc3cc4sc(N5CCOCC5)nc4nc3N3CC[C@@H](O)C3)co2)ccn1. The largest absolute Gasteiger partial charge is 0.444 e. The Balaban J connectivity index is 0.000000157. The molecular weight excluding hydrogens is 977 g/mol. The summed E-state index contributed by atoms with van der Waals surface area (Å²) in [5.74, 6) is 1.13. The number of oxazole rings is 2. The first kappa shape index (κ1) is 48.1. The molecule has 0 aromatic carbocycles. The lowest BCUT2D eigenvalue weighted by Gasteiger charge is -2.31. The van der Waals surface area contributed by atoms with Gasteiger partial charge in [-0.2, -0.15) is 9.97 Å². The quantitative estimate of drug-likeness (QED) is 0.126. The number of ether oxygens (including phenoxy) is 2. The van der Waals surface area contributed by atoms with Gasteiger partial charge in [0.05, 0.1) is 59.4 Å². The summed E-state index contributed by atoms with van der Waals surface area (Å²) in [5.41, 5.74) is 5.87. The number of β-amino-alcohol motifs (C(OH)–C–C–N with tert-alkyl or cyclic N) is 1. The van der Waals surface area contributed by atoms with E-state index in [2.05, 4.69) is 45.3 Å². The second-order valence-corrected chi connectivity index (χ2v) is 20.0. The van der Waals surface area contributed by atoms with Crippen molar-refractivity contribution in [1.29, 1.82) is 0 Å². The lowest BCUT2D eigenvalue weighted by molar-refractivity contribution is 0.101. The summed E-state index contributed by atoms with van der Waals surface area (Å²) in [4.78, 5) is 71.2. The normalized spacial score (nSPS) is 17.6. The predicted molar refractivity (Wildman–Crippen MR) is 276 cm³/mol. The maximum Gasteiger partial charge on any atom is 0.277 e. The number of hydrogen-bond acceptors (Lipinski definition) is 22. The molecule has 378 valence electrons. The molecule has 0 aliphatic carbocycles. The molecule has 4 aliphatic heterocycles. The molecule has 2 amide bonds. The summed E-state index contributed by atoms with van der Waals surface area (Å²) in [5, 5.41) is 27.8. The van der Waals surface area contributed by atoms with E-state index < -0.39 is 17.9 Å². The number of hydrogen-bond donors (Lipinski definition) is 4. The van der Waals surface area contributed by atoms with E-state index in [-0.39, 0.29) is 17.5 Å². The van der Waals surface area contributed by atoms with Gasteiger partial charge in [-0.05, 0) is 69.5 Å². The van der Waals surface area contributed by atoms with Gasteiger partial charge in [-0.3, -0.25) is 19.6 Å². The number of piperidine rings is 1. The van der Waals surface area contributed by atoms with Crippen molar-refractivity contribution >= 4 is 88.5 Å². The number of carbonyl (C=O) groups is 2. The minimum atomic E-state index is -0.438. The highest BCUT2D eigenvalue weighted by Gasteiger charge is 2.29. The van der Waals surface area contributed by atoms with Crippen molar-refractivity contribution in [3.63, 3.8) is 0 Å². The Hall–Kier alpha value is -7.22. The molecule has 12 heterocycles. The maximum absolute atomic E-state index is 13.2. The van der Waals surface area contributed by atoms with Gasteiger partial charge in [0.2, 0.25) is 11.8 Å². The van der Waals surface area contributed by atoms with Crippen LogP contribution in [0.3, 0.4) is 0 Å². The Bertz CT molecular complexity index is 3270. The monoisotopic (exact) mass is 1030 g/mol. The molecule has 0 radical (unpaired) electrons. The highest BCUT2D eigenvalue weighted by molar-refractivity contribution is 7.22. The molecule has 4 fully saturated rings. The number of nitrogens with zero attached hydrogens (tertiary/aromatic N) is 12. The van der Waals surface area contributed by atoms with Crippen LogP contribution in [-0.4, -0.2) is 153 Å². The van der Waals surface area contributed by atoms with Crippen LogP contribution in [0.2, 0.25) is 0 Å². The number of morpholine rings is 2. The number of aliphatic hydroxyl groups excluding tert-OH is 2. The maximum atomic E-state index is 13.2. The van der Waals surface area contributed by atoms with Gasteiger partial charge in [0.1, 0.15) is 12.5 Å². The van der Waals surface area contributed by atoms with Crippen LogP contribution in [0.4, 0.5) is 33.3 Å². The van der Waals surface area contributed by atoms with Crippen LogP contribution in [0, 0.1) is 13.8 Å². The third kappa shape index (κ3) is 10.8. The van der Waals surface area contributed by atoms with Gasteiger partial charge in [0.25, 0.3) is 11.8 Å². The smallest absolute Gasteiger partial charge is 0.277 e. The third-order valence-electron chi connectivity index (χ3n) is 12.8. The molecule has 0 spiro atoms. The average Bonchev–Trinajstić information content (AvgIpc) is 4.28. The fourth-order valence-corrected chi connectivity index (χ4v) is 10.9. The fourth-order valence-electron chi connectivity index (χ4n) is 8.89. The van der Waals surface area contributed by atoms with Crippen LogP contribution in [0.1, 0.15) is 51.6 Å². The van der Waals surface area contributed by atoms with E-state index >= 15 is 0 Å². The molecular formula is C49H52N14O8S2. The third-order valence-corrected chi connectivity index (χ3v) is 14.9. The van der Waals surface area contributed by atoms with E-state index in [4.69, 9.17) is 38.2 Å². The van der Waals surface area contributed by atoms with Gasteiger partial charge in [-0.1, -0.05) is 22.7 Å². The zero-order chi connectivity index (χ0) is 50.0. The Morgan fingerprint density at radius 3 is 1.48 bits per heavy atom. The molecule has 4 saturated heterocycles. The van der Waals surface area contributed by atoms with Crippen LogP contribution in [0.15, 0.2) is 70.2 Å². The van der Waals surface area contributed by atoms with Gasteiger partial charge in [0.15, 0.2) is 44.6 Å². The molecule has 0 saturated carbocycles. The topological polar surface area (TPSA) is 259 Å². The Morgan fingerprint density at radius 2 is 1.03 bits per heavy atom. The molecule has 8 aromatic heterocycles. The molecule has 4 N–H and O–H groups in total. The van der Waals surface area contributed by atoms with Crippen LogP contribution in [-0.2, 0) is 9.47 Å². The van der Waals surface area contributed by atoms with Crippen LogP contribution in [0.25, 0.3) is 43.6 Å². The van der Waals surface area contributed by atoms with Crippen molar-refractivity contribution in [2.24, 2.45) is 0 Å². The zero-order valence-electron chi connectivity index (χ0n) is 40.1. The number of fused-ring (bicyclic) bond motifs is 2. The van der Waals surface area contributed by atoms with E-state index in [1.54, 1.807) is 35.9 Å². The molecule has 8 aromatic rings. The summed E-state index contributed by atoms with van der Waals surface area (Å²) in [7, 11) is 0. The number of aromatic nitrogens is 8. The second-order valence-electron chi connectivity index (χ2n) is 18.0. The van der Waals surface area contributed by atoms with E-state index in [0.717, 1.165) is 68.4 Å². The number of anilines is 6.